The van der Waals surface area contributed by atoms with Gasteiger partial charge in [-0.3, -0.25) is 4.79 Å². The molecule has 1 atom stereocenters. The van der Waals surface area contributed by atoms with Crippen molar-refractivity contribution < 1.29 is 14.3 Å². The van der Waals surface area contributed by atoms with Crippen molar-refractivity contribution >= 4 is 17.7 Å². The molecule has 0 aliphatic carbocycles. The van der Waals surface area contributed by atoms with E-state index in [1.807, 2.05) is 24.5 Å². The number of nitrogens with one attached hydrogen (secondary N) is 1. The zero-order valence-corrected chi connectivity index (χ0v) is 12.4. The van der Waals surface area contributed by atoms with E-state index in [2.05, 4.69) is 5.32 Å². The Hall–Kier alpha value is -1.40. The van der Waals surface area contributed by atoms with E-state index in [-0.39, 0.29) is 5.91 Å². The van der Waals surface area contributed by atoms with Crippen molar-refractivity contribution in [2.45, 2.75) is 19.0 Å². The average molecular weight is 296 g/mol. The van der Waals surface area contributed by atoms with Gasteiger partial charge in [0.1, 0.15) is 13.2 Å². The van der Waals surface area contributed by atoms with Crippen LogP contribution < -0.4 is 20.5 Å². The highest BCUT2D eigenvalue weighted by Gasteiger charge is 2.14. The SMILES string of the molecule is CSCC[C@@H](N)C(=O)NCc1ccc2c(c1)OCCO2. The quantitative estimate of drug-likeness (QED) is 0.824. The van der Waals surface area contributed by atoms with Gasteiger partial charge in [0.25, 0.3) is 0 Å². The summed E-state index contributed by atoms with van der Waals surface area (Å²) in [6.45, 7) is 1.58. The minimum absolute atomic E-state index is 0.117. The van der Waals surface area contributed by atoms with Gasteiger partial charge in [-0.25, -0.2) is 0 Å². The van der Waals surface area contributed by atoms with Crippen LogP contribution in [0.5, 0.6) is 11.5 Å². The van der Waals surface area contributed by atoms with Gasteiger partial charge in [0.05, 0.1) is 6.04 Å². The molecule has 1 amide bonds. The van der Waals surface area contributed by atoms with Gasteiger partial charge in [-0.05, 0) is 36.1 Å². The molecule has 2 rings (SSSR count). The van der Waals surface area contributed by atoms with Crippen LogP contribution in [0.3, 0.4) is 0 Å². The molecular formula is C14H20N2O3S. The van der Waals surface area contributed by atoms with Crippen LogP contribution in [0.15, 0.2) is 18.2 Å². The molecule has 1 aromatic rings. The third kappa shape index (κ3) is 4.05. The Bertz CT molecular complexity index is 468. The number of hydrogen-bond donors (Lipinski definition) is 2. The summed E-state index contributed by atoms with van der Waals surface area (Å²) in [4.78, 5) is 11.8. The lowest BCUT2D eigenvalue weighted by Gasteiger charge is -2.19. The molecule has 0 bridgehead atoms. The first-order valence-corrected chi connectivity index (χ1v) is 8.01. The van der Waals surface area contributed by atoms with Crippen molar-refractivity contribution in [2.24, 2.45) is 5.73 Å². The fraction of sp³-hybridized carbons (Fsp3) is 0.500. The number of rotatable bonds is 6. The molecule has 1 aliphatic heterocycles. The predicted octanol–water partition coefficient (Wildman–Crippen LogP) is 1.15. The number of carbonyl (C=O) groups is 1. The first-order valence-electron chi connectivity index (χ1n) is 6.61. The molecule has 110 valence electrons. The van der Waals surface area contributed by atoms with E-state index in [4.69, 9.17) is 15.2 Å². The predicted molar refractivity (Wildman–Crippen MR) is 80.3 cm³/mol. The maximum absolute atomic E-state index is 11.8. The van der Waals surface area contributed by atoms with Gasteiger partial charge in [0, 0.05) is 6.54 Å². The highest BCUT2D eigenvalue weighted by molar-refractivity contribution is 7.98. The minimum atomic E-state index is -0.445. The summed E-state index contributed by atoms with van der Waals surface area (Å²) in [6, 6.07) is 5.23. The largest absolute Gasteiger partial charge is 0.486 e. The molecule has 5 nitrogen and oxygen atoms in total. The highest BCUT2D eigenvalue weighted by atomic mass is 32.2. The molecule has 0 unspecified atom stereocenters. The summed E-state index contributed by atoms with van der Waals surface area (Å²) in [5.41, 5.74) is 6.78. The van der Waals surface area contributed by atoms with Crippen LogP contribution in [0.2, 0.25) is 0 Å². The van der Waals surface area contributed by atoms with Gasteiger partial charge in [-0.1, -0.05) is 6.07 Å². The topological polar surface area (TPSA) is 73.6 Å². The summed E-state index contributed by atoms with van der Waals surface area (Å²) >= 11 is 1.69. The highest BCUT2D eigenvalue weighted by Crippen LogP contribution is 2.30. The second kappa shape index (κ2) is 7.40. The number of thioether (sulfide) groups is 1. The van der Waals surface area contributed by atoms with Gasteiger partial charge in [-0.15, -0.1) is 0 Å². The van der Waals surface area contributed by atoms with E-state index < -0.39 is 6.04 Å². The molecule has 0 radical (unpaired) electrons. The summed E-state index contributed by atoms with van der Waals surface area (Å²) in [7, 11) is 0. The van der Waals surface area contributed by atoms with Gasteiger partial charge in [0.15, 0.2) is 11.5 Å². The third-order valence-electron chi connectivity index (χ3n) is 3.04. The summed E-state index contributed by atoms with van der Waals surface area (Å²) in [5.74, 6) is 2.25. The molecule has 20 heavy (non-hydrogen) atoms. The zero-order valence-electron chi connectivity index (χ0n) is 11.6. The molecule has 0 fully saturated rings. The molecular weight excluding hydrogens is 276 g/mol. The van der Waals surface area contributed by atoms with Crippen molar-refractivity contribution in [3.8, 4) is 11.5 Å². The molecule has 0 spiro atoms. The molecule has 1 aromatic carbocycles. The van der Waals surface area contributed by atoms with Crippen molar-refractivity contribution in [1.82, 2.24) is 5.32 Å². The standard InChI is InChI=1S/C14H20N2O3S/c1-20-7-4-11(15)14(17)16-9-10-2-3-12-13(8-10)19-6-5-18-12/h2-3,8,11H,4-7,9,15H2,1H3,(H,16,17)/t11-/m1/s1. The van der Waals surface area contributed by atoms with E-state index in [0.29, 0.717) is 26.2 Å². The minimum Gasteiger partial charge on any atom is -0.486 e. The maximum Gasteiger partial charge on any atom is 0.237 e. The Labute approximate surface area is 123 Å². The van der Waals surface area contributed by atoms with Gasteiger partial charge in [-0.2, -0.15) is 11.8 Å². The van der Waals surface area contributed by atoms with Crippen LogP contribution in [0.4, 0.5) is 0 Å². The lowest BCUT2D eigenvalue weighted by Crippen LogP contribution is -2.40. The zero-order chi connectivity index (χ0) is 14.4. The lowest BCUT2D eigenvalue weighted by molar-refractivity contribution is -0.122. The lowest BCUT2D eigenvalue weighted by atomic mass is 10.1. The van der Waals surface area contributed by atoms with Crippen molar-refractivity contribution in [1.29, 1.82) is 0 Å². The number of hydrogen-bond acceptors (Lipinski definition) is 5. The van der Waals surface area contributed by atoms with Crippen LogP contribution in [0.25, 0.3) is 0 Å². The van der Waals surface area contributed by atoms with Crippen LogP contribution >= 0.6 is 11.8 Å². The fourth-order valence-electron chi connectivity index (χ4n) is 1.89. The van der Waals surface area contributed by atoms with Crippen LogP contribution in [0, 0.1) is 0 Å². The normalized spacial score (nSPS) is 14.7. The van der Waals surface area contributed by atoms with Crippen LogP contribution in [-0.4, -0.2) is 37.2 Å². The van der Waals surface area contributed by atoms with Crippen LogP contribution in [-0.2, 0) is 11.3 Å². The number of fused-ring (bicyclic) bond motifs is 1. The van der Waals surface area contributed by atoms with Gasteiger partial charge >= 0.3 is 0 Å². The summed E-state index contributed by atoms with van der Waals surface area (Å²) < 4.78 is 11.0. The Morgan fingerprint density at radius 1 is 1.40 bits per heavy atom. The Morgan fingerprint density at radius 3 is 2.90 bits per heavy atom. The molecule has 3 N–H and O–H groups in total. The molecule has 0 saturated carbocycles. The molecule has 1 heterocycles. The first kappa shape index (κ1) is 15.0. The Kier molecular flexibility index (Phi) is 5.55. The monoisotopic (exact) mass is 296 g/mol. The number of carbonyl (C=O) groups excluding carboxylic acids is 1. The summed E-state index contributed by atoms with van der Waals surface area (Å²) in [5, 5.41) is 2.84. The molecule has 6 heteroatoms. The van der Waals surface area contributed by atoms with Crippen molar-refractivity contribution in [3.63, 3.8) is 0 Å². The summed E-state index contributed by atoms with van der Waals surface area (Å²) in [6.07, 6.45) is 2.69. The van der Waals surface area contributed by atoms with E-state index in [1.54, 1.807) is 11.8 Å². The molecule has 0 saturated heterocycles. The number of amides is 1. The second-order valence-corrected chi connectivity index (χ2v) is 5.57. The number of nitrogens with two attached hydrogens (primary N) is 1. The molecule has 0 aromatic heterocycles. The smallest absolute Gasteiger partial charge is 0.237 e. The van der Waals surface area contributed by atoms with E-state index in [0.717, 1.165) is 22.8 Å². The Morgan fingerprint density at radius 2 is 2.15 bits per heavy atom. The second-order valence-electron chi connectivity index (χ2n) is 4.58. The van der Waals surface area contributed by atoms with Crippen LogP contribution in [0.1, 0.15) is 12.0 Å². The number of benzene rings is 1. The van der Waals surface area contributed by atoms with Gasteiger partial charge < -0.3 is 20.5 Å². The maximum atomic E-state index is 11.8. The van der Waals surface area contributed by atoms with Gasteiger partial charge in [0.2, 0.25) is 5.91 Å². The van der Waals surface area contributed by atoms with Crippen molar-refractivity contribution in [3.05, 3.63) is 23.8 Å². The van der Waals surface area contributed by atoms with Crippen molar-refractivity contribution in [2.75, 3.05) is 25.2 Å². The van der Waals surface area contributed by atoms with E-state index >= 15 is 0 Å². The fourth-order valence-corrected chi connectivity index (χ4v) is 2.38. The Balaban J connectivity index is 1.86. The third-order valence-corrected chi connectivity index (χ3v) is 3.69. The van der Waals surface area contributed by atoms with E-state index in [1.165, 1.54) is 0 Å². The average Bonchev–Trinajstić information content (AvgIpc) is 2.50. The van der Waals surface area contributed by atoms with E-state index in [9.17, 15) is 4.79 Å². The number of ether oxygens (including phenoxy) is 2. The molecule has 1 aliphatic rings. The first-order chi connectivity index (χ1) is 9.70.